The molecule has 26 heavy (non-hydrogen) atoms. The average Bonchev–Trinajstić information content (AvgIpc) is 2.74. The fourth-order valence-electron chi connectivity index (χ4n) is 3.05. The molecule has 0 saturated carbocycles. The van der Waals surface area contributed by atoms with Crippen molar-refractivity contribution in [3.8, 4) is 33.5 Å². The second kappa shape index (κ2) is 6.97. The van der Waals surface area contributed by atoms with Crippen LogP contribution in [0.5, 0.6) is 0 Å². The Bertz CT molecular complexity index is 1110. The van der Waals surface area contributed by atoms with Crippen molar-refractivity contribution >= 4 is 0 Å². The summed E-state index contributed by atoms with van der Waals surface area (Å²) < 4.78 is 23.9. The van der Waals surface area contributed by atoms with Gasteiger partial charge in [-0.1, -0.05) is 72.8 Å². The summed E-state index contributed by atoms with van der Waals surface area (Å²) in [6, 6.07) is 27.6. The van der Waals surface area contributed by atoms with Crippen LogP contribution in [-0.4, -0.2) is 4.98 Å². The van der Waals surface area contributed by atoms with Gasteiger partial charge in [0.2, 0.25) is 0 Å². The van der Waals surface area contributed by atoms with Crippen LogP contribution in [0.1, 0.15) is 15.2 Å². The molecule has 0 amide bonds. The van der Waals surface area contributed by atoms with Crippen LogP contribution in [0.2, 0.25) is 0 Å². The number of hydrogen-bond donors (Lipinski definition) is 0. The fraction of sp³-hybridized carbons (Fsp3) is 0.0800. The number of benzene rings is 3. The monoisotopic (exact) mass is 338 g/mol. The van der Waals surface area contributed by atoms with E-state index in [2.05, 4.69) is 17.1 Å². The van der Waals surface area contributed by atoms with Gasteiger partial charge in [0.05, 0.1) is 5.69 Å². The smallest absolute Gasteiger partial charge is 0.0702 e. The van der Waals surface area contributed by atoms with Crippen molar-refractivity contribution in [2.24, 2.45) is 0 Å². The van der Waals surface area contributed by atoms with Crippen LogP contribution < -0.4 is 0 Å². The topological polar surface area (TPSA) is 12.9 Å². The highest BCUT2D eigenvalue weighted by atomic mass is 14.7. The molecule has 1 heteroatoms. The lowest BCUT2D eigenvalue weighted by Crippen LogP contribution is -1.88. The van der Waals surface area contributed by atoms with Crippen molar-refractivity contribution in [3.05, 3.63) is 102 Å². The molecule has 0 N–H and O–H groups in total. The highest BCUT2D eigenvalue weighted by Gasteiger charge is 2.07. The summed E-state index contributed by atoms with van der Waals surface area (Å²) in [6.45, 7) is -0.194. The summed E-state index contributed by atoms with van der Waals surface area (Å²) in [4.78, 5) is 4.49. The summed E-state index contributed by atoms with van der Waals surface area (Å²) in [7, 11) is 0. The second-order valence-electron chi connectivity index (χ2n) is 6.42. The average molecular weight is 338 g/mol. The first-order valence-electron chi connectivity index (χ1n) is 10.2. The molecule has 0 saturated heterocycles. The quantitative estimate of drug-likeness (QED) is 0.405. The molecule has 0 spiro atoms. The van der Waals surface area contributed by atoms with Crippen molar-refractivity contribution in [1.29, 1.82) is 0 Å². The van der Waals surface area contributed by atoms with Gasteiger partial charge < -0.3 is 0 Å². The van der Waals surface area contributed by atoms with Crippen LogP contribution in [0, 0.1) is 13.8 Å². The minimum absolute atomic E-state index is 0.348. The SMILES string of the molecule is [2H]C([2H])([2H])c1ccc(-c2ccc(C)cn2)cc1-c1ccc(-c2ccccc2)cc1. The van der Waals surface area contributed by atoms with E-state index < -0.39 is 6.85 Å². The van der Waals surface area contributed by atoms with E-state index in [1.54, 1.807) is 6.07 Å². The Hall–Kier alpha value is -3.19. The molecule has 0 aliphatic carbocycles. The third-order valence-corrected chi connectivity index (χ3v) is 4.53. The standard InChI is InChI=1S/C25H21N/c1-18-8-15-25(26-17-18)23-10-9-19(2)24(16-23)22-13-11-21(12-14-22)20-6-4-3-5-7-20/h3-17H,1-2H3/i2D3. The number of aryl methyl sites for hydroxylation is 2. The number of nitrogens with zero attached hydrogens (tertiary/aromatic N) is 1. The zero-order valence-electron chi connectivity index (χ0n) is 17.6. The number of hydrogen-bond acceptors (Lipinski definition) is 1. The van der Waals surface area contributed by atoms with Crippen LogP contribution in [0.15, 0.2) is 91.1 Å². The van der Waals surface area contributed by atoms with Crippen molar-refractivity contribution in [3.63, 3.8) is 0 Å². The molecule has 0 radical (unpaired) electrons. The Kier molecular flexibility index (Phi) is 3.50. The summed E-state index contributed by atoms with van der Waals surface area (Å²) >= 11 is 0. The van der Waals surface area contributed by atoms with Crippen molar-refractivity contribution in [1.82, 2.24) is 4.98 Å². The minimum Gasteiger partial charge on any atom is -0.256 e. The normalized spacial score (nSPS) is 12.9. The van der Waals surface area contributed by atoms with Crippen LogP contribution in [0.4, 0.5) is 0 Å². The van der Waals surface area contributed by atoms with Gasteiger partial charge in [-0.05, 0) is 59.3 Å². The highest BCUT2D eigenvalue weighted by Crippen LogP contribution is 2.30. The van der Waals surface area contributed by atoms with E-state index in [4.69, 9.17) is 4.11 Å². The van der Waals surface area contributed by atoms with Crippen molar-refractivity contribution in [2.75, 3.05) is 0 Å². The second-order valence-corrected chi connectivity index (χ2v) is 6.42. The van der Waals surface area contributed by atoms with Crippen molar-refractivity contribution < 1.29 is 4.11 Å². The molecule has 4 aromatic rings. The summed E-state index contributed by atoms with van der Waals surface area (Å²) in [5.41, 5.74) is 6.99. The lowest BCUT2D eigenvalue weighted by Gasteiger charge is -2.10. The van der Waals surface area contributed by atoms with Crippen molar-refractivity contribution in [2.45, 2.75) is 13.8 Å². The summed E-state index contributed by atoms with van der Waals surface area (Å²) in [6.07, 6.45) is 1.82. The molecular weight excluding hydrogens is 314 g/mol. The highest BCUT2D eigenvalue weighted by molar-refractivity contribution is 5.76. The van der Waals surface area contributed by atoms with Crippen LogP contribution in [-0.2, 0) is 0 Å². The first-order chi connectivity index (χ1) is 13.9. The molecule has 1 heterocycles. The first-order valence-corrected chi connectivity index (χ1v) is 8.65. The predicted octanol–water partition coefficient (Wildman–Crippen LogP) is 6.70. The molecule has 0 bridgehead atoms. The molecule has 126 valence electrons. The lowest BCUT2D eigenvalue weighted by molar-refractivity contribution is 1.27. The van der Waals surface area contributed by atoms with Crippen LogP contribution in [0.3, 0.4) is 0 Å². The molecule has 3 aromatic carbocycles. The van der Waals surface area contributed by atoms with Gasteiger partial charge in [0, 0.05) is 15.9 Å². The van der Waals surface area contributed by atoms with Gasteiger partial charge in [-0.25, -0.2) is 0 Å². The Morgan fingerprint density at radius 2 is 1.38 bits per heavy atom. The minimum atomic E-state index is -2.19. The molecule has 0 aliphatic heterocycles. The van der Waals surface area contributed by atoms with Gasteiger partial charge in [0.25, 0.3) is 0 Å². The van der Waals surface area contributed by atoms with Gasteiger partial charge in [0.15, 0.2) is 0 Å². The maximum atomic E-state index is 7.96. The van der Waals surface area contributed by atoms with E-state index in [1.807, 2.05) is 79.9 Å². The van der Waals surface area contributed by atoms with E-state index in [9.17, 15) is 0 Å². The maximum Gasteiger partial charge on any atom is 0.0702 e. The maximum absolute atomic E-state index is 7.96. The Morgan fingerprint density at radius 3 is 2.08 bits per heavy atom. The van der Waals surface area contributed by atoms with E-state index in [0.717, 1.165) is 33.5 Å². The molecule has 0 aliphatic rings. The molecular formula is C25H21N. The van der Waals surface area contributed by atoms with Gasteiger partial charge in [-0.15, -0.1) is 0 Å². The molecule has 1 aromatic heterocycles. The Balaban J connectivity index is 1.80. The van der Waals surface area contributed by atoms with Gasteiger partial charge >= 0.3 is 0 Å². The molecule has 0 fully saturated rings. The molecule has 0 unspecified atom stereocenters. The number of aromatic nitrogens is 1. The largest absolute Gasteiger partial charge is 0.256 e. The third kappa shape index (κ3) is 3.29. The Labute approximate surface area is 159 Å². The first kappa shape index (κ1) is 13.1. The zero-order chi connectivity index (χ0) is 20.4. The fourth-order valence-corrected chi connectivity index (χ4v) is 3.05. The lowest BCUT2D eigenvalue weighted by atomic mass is 9.95. The van der Waals surface area contributed by atoms with E-state index in [1.165, 1.54) is 0 Å². The summed E-state index contributed by atoms with van der Waals surface area (Å²) in [5, 5.41) is 0. The van der Waals surface area contributed by atoms with E-state index in [-0.39, 0.29) is 0 Å². The molecule has 0 atom stereocenters. The Morgan fingerprint density at radius 1 is 0.692 bits per heavy atom. The summed E-state index contributed by atoms with van der Waals surface area (Å²) in [5.74, 6) is 0. The number of rotatable bonds is 3. The van der Waals surface area contributed by atoms with Crippen LogP contribution >= 0.6 is 0 Å². The zero-order valence-corrected chi connectivity index (χ0v) is 14.6. The van der Waals surface area contributed by atoms with E-state index in [0.29, 0.717) is 11.1 Å². The molecule has 4 rings (SSSR count). The van der Waals surface area contributed by atoms with Gasteiger partial charge in [0.1, 0.15) is 0 Å². The van der Waals surface area contributed by atoms with Gasteiger partial charge in [-0.3, -0.25) is 4.98 Å². The van der Waals surface area contributed by atoms with E-state index >= 15 is 0 Å². The number of pyridine rings is 1. The molecule has 1 nitrogen and oxygen atoms in total. The predicted molar refractivity (Wildman–Crippen MR) is 110 cm³/mol. The van der Waals surface area contributed by atoms with Gasteiger partial charge in [-0.2, -0.15) is 0 Å². The third-order valence-electron chi connectivity index (χ3n) is 4.53. The van der Waals surface area contributed by atoms with Crippen LogP contribution in [0.25, 0.3) is 33.5 Å².